The van der Waals surface area contributed by atoms with Gasteiger partial charge in [-0.25, -0.2) is 0 Å². The number of ether oxygens (including phenoxy) is 2. The van der Waals surface area contributed by atoms with Crippen LogP contribution in [0, 0.1) is 17.3 Å². The highest BCUT2D eigenvalue weighted by Crippen LogP contribution is 2.55. The molecule has 2 aliphatic rings. The fraction of sp³-hybridized carbons (Fsp3) is 0.950. The predicted molar refractivity (Wildman–Crippen MR) is 93.5 cm³/mol. The summed E-state index contributed by atoms with van der Waals surface area (Å²) in [6.45, 7) is 9.68. The fourth-order valence-corrected chi connectivity index (χ4v) is 5.28. The summed E-state index contributed by atoms with van der Waals surface area (Å²) in [6.07, 6.45) is 8.49. The summed E-state index contributed by atoms with van der Waals surface area (Å²) < 4.78 is 12.0. The lowest BCUT2D eigenvalue weighted by atomic mass is 9.64. The van der Waals surface area contributed by atoms with E-state index in [1.54, 1.807) is 0 Å². The molecule has 3 unspecified atom stereocenters. The molecule has 0 amide bonds. The summed E-state index contributed by atoms with van der Waals surface area (Å²) in [5.41, 5.74) is 0.130. The Morgan fingerprint density at radius 3 is 2.61 bits per heavy atom. The van der Waals surface area contributed by atoms with Crippen LogP contribution in [0.3, 0.4) is 0 Å². The van der Waals surface area contributed by atoms with Crippen molar-refractivity contribution in [2.75, 3.05) is 13.7 Å². The lowest BCUT2D eigenvalue weighted by Crippen LogP contribution is -2.41. The first-order valence-corrected chi connectivity index (χ1v) is 9.62. The molecule has 0 N–H and O–H groups in total. The van der Waals surface area contributed by atoms with Crippen molar-refractivity contribution in [1.29, 1.82) is 0 Å². The minimum absolute atomic E-state index is 0.0391. The summed E-state index contributed by atoms with van der Waals surface area (Å²) >= 11 is 0. The van der Waals surface area contributed by atoms with E-state index in [-0.39, 0.29) is 23.0 Å². The second-order valence-corrected chi connectivity index (χ2v) is 7.98. The molecule has 2 rings (SSSR count). The molecule has 23 heavy (non-hydrogen) atoms. The van der Waals surface area contributed by atoms with Crippen LogP contribution in [-0.2, 0) is 14.3 Å². The molecular formula is C20H36O3. The highest BCUT2D eigenvalue weighted by molar-refractivity contribution is 5.83. The second-order valence-electron chi connectivity index (χ2n) is 7.98. The van der Waals surface area contributed by atoms with Crippen LogP contribution in [0.1, 0.15) is 79.1 Å². The van der Waals surface area contributed by atoms with Gasteiger partial charge in [-0.3, -0.25) is 4.79 Å². The van der Waals surface area contributed by atoms with Gasteiger partial charge in [0.2, 0.25) is 0 Å². The third kappa shape index (κ3) is 3.66. The number of methoxy groups -OCH3 is 1. The lowest BCUT2D eigenvalue weighted by molar-refractivity contribution is -0.131. The molecule has 0 spiro atoms. The van der Waals surface area contributed by atoms with Crippen molar-refractivity contribution >= 4 is 5.78 Å². The number of hydrogen-bond acceptors (Lipinski definition) is 3. The standard InChI is InChI=1S/C20H36O3/c1-6-20(7-2,22-5)13-14-23-15(3)16-10-11-17-18(21)9-8-12-19(16,17)4/h15-17H,6-14H2,1-5H3/t15-,16?,17?,19?/m1/s1. The largest absolute Gasteiger partial charge is 0.378 e. The van der Waals surface area contributed by atoms with E-state index in [1.165, 1.54) is 6.42 Å². The number of Topliss-reactive ketones (excluding diaryl/α,β-unsaturated/α-hetero) is 1. The van der Waals surface area contributed by atoms with Gasteiger partial charge < -0.3 is 9.47 Å². The monoisotopic (exact) mass is 324 g/mol. The van der Waals surface area contributed by atoms with Crippen LogP contribution in [0.15, 0.2) is 0 Å². The summed E-state index contributed by atoms with van der Waals surface area (Å²) in [4.78, 5) is 12.3. The average Bonchev–Trinajstić information content (AvgIpc) is 2.90. The Labute approximate surface area is 142 Å². The van der Waals surface area contributed by atoms with E-state index in [4.69, 9.17) is 9.47 Å². The predicted octanol–water partition coefficient (Wildman–Crippen LogP) is 4.77. The maximum atomic E-state index is 12.3. The molecule has 0 aromatic rings. The van der Waals surface area contributed by atoms with E-state index in [0.717, 1.165) is 51.6 Å². The SMILES string of the molecule is CCC(CC)(CCO[C@H](C)C1CCC2C(=O)CCCC21C)OC. The van der Waals surface area contributed by atoms with Crippen molar-refractivity contribution in [3.05, 3.63) is 0 Å². The molecule has 0 radical (unpaired) electrons. The molecule has 0 saturated heterocycles. The van der Waals surface area contributed by atoms with Crippen molar-refractivity contribution in [2.24, 2.45) is 17.3 Å². The molecule has 0 aromatic carbocycles. The zero-order valence-electron chi connectivity index (χ0n) is 15.8. The smallest absolute Gasteiger partial charge is 0.136 e. The Morgan fingerprint density at radius 2 is 2.00 bits per heavy atom. The molecule has 3 heteroatoms. The Bertz CT molecular complexity index is 393. The van der Waals surface area contributed by atoms with E-state index in [1.807, 2.05) is 7.11 Å². The van der Waals surface area contributed by atoms with Crippen LogP contribution < -0.4 is 0 Å². The quantitative estimate of drug-likeness (QED) is 0.645. The van der Waals surface area contributed by atoms with Gasteiger partial charge in [0.15, 0.2) is 0 Å². The van der Waals surface area contributed by atoms with Crippen LogP contribution in [0.2, 0.25) is 0 Å². The van der Waals surface area contributed by atoms with Gasteiger partial charge in [0.05, 0.1) is 11.7 Å². The number of carbonyl (C=O) groups excluding carboxylic acids is 1. The van der Waals surface area contributed by atoms with Crippen LogP contribution in [-0.4, -0.2) is 31.2 Å². The van der Waals surface area contributed by atoms with E-state index in [0.29, 0.717) is 11.7 Å². The summed E-state index contributed by atoms with van der Waals surface area (Å²) in [5, 5.41) is 0. The maximum Gasteiger partial charge on any atom is 0.136 e. The van der Waals surface area contributed by atoms with Crippen molar-refractivity contribution < 1.29 is 14.3 Å². The normalized spacial score (nSPS) is 32.8. The third-order valence-electron chi connectivity index (χ3n) is 7.16. The minimum Gasteiger partial charge on any atom is -0.378 e. The Morgan fingerprint density at radius 1 is 1.30 bits per heavy atom. The zero-order valence-corrected chi connectivity index (χ0v) is 15.8. The van der Waals surface area contributed by atoms with Crippen LogP contribution >= 0.6 is 0 Å². The molecular weight excluding hydrogens is 288 g/mol. The van der Waals surface area contributed by atoms with E-state index in [2.05, 4.69) is 27.7 Å². The molecule has 0 aliphatic heterocycles. The van der Waals surface area contributed by atoms with Gasteiger partial charge in [0, 0.05) is 26.1 Å². The van der Waals surface area contributed by atoms with Gasteiger partial charge >= 0.3 is 0 Å². The van der Waals surface area contributed by atoms with E-state index >= 15 is 0 Å². The highest BCUT2D eigenvalue weighted by atomic mass is 16.5. The van der Waals surface area contributed by atoms with Gasteiger partial charge in [0.25, 0.3) is 0 Å². The first-order chi connectivity index (χ1) is 10.9. The molecule has 0 aromatic heterocycles. The summed E-state index contributed by atoms with van der Waals surface area (Å²) in [6, 6.07) is 0. The zero-order chi connectivity index (χ0) is 17.1. The summed E-state index contributed by atoms with van der Waals surface area (Å²) in [5.74, 6) is 1.32. The highest BCUT2D eigenvalue weighted by Gasteiger charge is 2.52. The van der Waals surface area contributed by atoms with Crippen LogP contribution in [0.4, 0.5) is 0 Å². The molecule has 0 bridgehead atoms. The van der Waals surface area contributed by atoms with Crippen molar-refractivity contribution in [3.63, 3.8) is 0 Å². The molecule has 2 fully saturated rings. The average molecular weight is 325 g/mol. The Hall–Kier alpha value is -0.410. The van der Waals surface area contributed by atoms with Gasteiger partial charge in [-0.1, -0.05) is 20.8 Å². The molecule has 4 atom stereocenters. The van der Waals surface area contributed by atoms with E-state index < -0.39 is 0 Å². The van der Waals surface area contributed by atoms with Crippen molar-refractivity contribution in [2.45, 2.75) is 90.8 Å². The lowest BCUT2D eigenvalue weighted by Gasteiger charge is -2.42. The number of rotatable bonds is 8. The van der Waals surface area contributed by atoms with Crippen molar-refractivity contribution in [1.82, 2.24) is 0 Å². The first-order valence-electron chi connectivity index (χ1n) is 9.62. The fourth-order valence-electron chi connectivity index (χ4n) is 5.28. The number of carbonyl (C=O) groups is 1. The molecule has 3 nitrogen and oxygen atoms in total. The summed E-state index contributed by atoms with van der Waals surface area (Å²) in [7, 11) is 1.81. The van der Waals surface area contributed by atoms with Gasteiger partial charge in [-0.15, -0.1) is 0 Å². The molecule has 2 saturated carbocycles. The maximum absolute atomic E-state index is 12.3. The number of ketones is 1. The number of hydrogen-bond donors (Lipinski definition) is 0. The Kier molecular flexibility index (Phi) is 6.29. The van der Waals surface area contributed by atoms with Crippen LogP contribution in [0.25, 0.3) is 0 Å². The van der Waals surface area contributed by atoms with Gasteiger partial charge in [-0.05, 0) is 63.2 Å². The molecule has 0 heterocycles. The topological polar surface area (TPSA) is 35.5 Å². The van der Waals surface area contributed by atoms with Crippen LogP contribution in [0.5, 0.6) is 0 Å². The number of fused-ring (bicyclic) bond motifs is 1. The minimum atomic E-state index is -0.0391. The van der Waals surface area contributed by atoms with E-state index in [9.17, 15) is 4.79 Å². The van der Waals surface area contributed by atoms with Crippen molar-refractivity contribution in [3.8, 4) is 0 Å². The molecule has 2 aliphatic carbocycles. The van der Waals surface area contributed by atoms with Gasteiger partial charge in [-0.2, -0.15) is 0 Å². The second kappa shape index (κ2) is 7.65. The first kappa shape index (κ1) is 18.9. The van der Waals surface area contributed by atoms with Gasteiger partial charge in [0.1, 0.15) is 5.78 Å². The third-order valence-corrected chi connectivity index (χ3v) is 7.16. The Balaban J connectivity index is 1.91. The molecule has 134 valence electrons.